The number of thioether (sulfide) groups is 1. The molecular weight excluding hydrogens is 422 g/mol. The highest BCUT2D eigenvalue weighted by molar-refractivity contribution is 8.02. The van der Waals surface area contributed by atoms with Gasteiger partial charge in [-0.05, 0) is 39.9 Å². The van der Waals surface area contributed by atoms with Gasteiger partial charge in [0.25, 0.3) is 0 Å². The smallest absolute Gasteiger partial charge is 0.340 e. The van der Waals surface area contributed by atoms with Crippen LogP contribution in [0.15, 0.2) is 29.2 Å². The van der Waals surface area contributed by atoms with E-state index in [-0.39, 0.29) is 17.9 Å². The first-order valence-corrected chi connectivity index (χ1v) is 11.9. The van der Waals surface area contributed by atoms with Crippen molar-refractivity contribution < 1.29 is 14.6 Å². The van der Waals surface area contributed by atoms with Crippen LogP contribution in [0.25, 0.3) is 10.9 Å². The number of benzene rings is 1. The minimum atomic E-state index is -0.414. The zero-order chi connectivity index (χ0) is 23.8. The average Bonchev–Trinajstić information content (AvgIpc) is 3.03. The Morgan fingerprint density at radius 2 is 2.03 bits per heavy atom. The molecule has 0 aliphatic carbocycles. The molecule has 1 heterocycles. The van der Waals surface area contributed by atoms with Crippen molar-refractivity contribution in [1.82, 2.24) is 9.47 Å². The van der Waals surface area contributed by atoms with E-state index in [1.165, 1.54) is 0 Å². The maximum Gasteiger partial charge on any atom is 0.340 e. The Balaban J connectivity index is 2.77. The van der Waals surface area contributed by atoms with Gasteiger partial charge in [0.2, 0.25) is 0 Å². The highest BCUT2D eigenvalue weighted by Gasteiger charge is 2.27. The number of carbonyl (C=O) groups is 1. The predicted octanol–water partition coefficient (Wildman–Crippen LogP) is 5.49. The number of esters is 1. The van der Waals surface area contributed by atoms with Gasteiger partial charge in [-0.25, -0.2) is 4.79 Å². The first-order chi connectivity index (χ1) is 15.3. The summed E-state index contributed by atoms with van der Waals surface area (Å²) in [5.74, 6) is 0.0629. The van der Waals surface area contributed by atoms with E-state index in [2.05, 4.69) is 38.1 Å². The van der Waals surface area contributed by atoms with Gasteiger partial charge in [-0.2, -0.15) is 5.26 Å². The molecule has 0 radical (unpaired) electrons. The lowest BCUT2D eigenvalue weighted by molar-refractivity contribution is 0.0527. The molecule has 2 aromatic rings. The largest absolute Gasteiger partial charge is 0.506 e. The van der Waals surface area contributed by atoms with Crippen molar-refractivity contribution in [2.75, 3.05) is 20.7 Å². The van der Waals surface area contributed by atoms with Gasteiger partial charge in [0, 0.05) is 40.9 Å². The van der Waals surface area contributed by atoms with E-state index < -0.39 is 5.97 Å². The van der Waals surface area contributed by atoms with Gasteiger partial charge < -0.3 is 19.3 Å². The Morgan fingerprint density at radius 1 is 1.31 bits per heavy atom. The van der Waals surface area contributed by atoms with E-state index in [0.717, 1.165) is 29.0 Å². The van der Waals surface area contributed by atoms with Crippen LogP contribution in [0.3, 0.4) is 0 Å². The molecule has 6 nitrogen and oxygen atoms in total. The van der Waals surface area contributed by atoms with E-state index >= 15 is 0 Å². The summed E-state index contributed by atoms with van der Waals surface area (Å²) in [5.41, 5.74) is 2.77. The number of rotatable bonds is 10. The molecule has 0 saturated carbocycles. The monoisotopic (exact) mass is 455 g/mol. The molecule has 172 valence electrons. The molecule has 0 atom stereocenters. The van der Waals surface area contributed by atoms with E-state index in [4.69, 9.17) is 4.74 Å². The van der Waals surface area contributed by atoms with E-state index in [1.807, 2.05) is 30.6 Å². The van der Waals surface area contributed by atoms with Gasteiger partial charge in [-0.1, -0.05) is 32.1 Å². The summed E-state index contributed by atoms with van der Waals surface area (Å²) >= 11 is 1.66. The first-order valence-electron chi connectivity index (χ1n) is 10.9. The van der Waals surface area contributed by atoms with Gasteiger partial charge in [-0.3, -0.25) is 0 Å². The molecule has 0 aliphatic rings. The number of carbonyl (C=O) groups excluding carboxylic acids is 1. The number of hydrogen-bond donors (Lipinski definition) is 1. The fraction of sp³-hybridized carbons (Fsp3) is 0.440. The minimum Gasteiger partial charge on any atom is -0.506 e. The number of ether oxygens (including phenoxy) is 1. The standard InChI is InChI=1S/C25H33N3O3S/c1-7-10-12-18(11-8-2)32-16-21-23(25(30)31-9-3)22-19(15-27(4)5)24(29)17(14-26)13-20(22)28(21)6/h10-13,29H,7-9,15-16H2,1-6H3/b12-10-,18-11+. The minimum absolute atomic E-state index is 0.0819. The number of allylic oxidation sites excluding steroid dienone is 3. The molecule has 2 rings (SSSR count). The molecule has 1 aromatic carbocycles. The highest BCUT2D eigenvalue weighted by Crippen LogP contribution is 2.39. The van der Waals surface area contributed by atoms with Crippen LogP contribution in [0.1, 0.15) is 60.8 Å². The summed E-state index contributed by atoms with van der Waals surface area (Å²) in [6.45, 7) is 6.62. The first kappa shape index (κ1) is 25.6. The van der Waals surface area contributed by atoms with Crippen molar-refractivity contribution in [2.24, 2.45) is 7.05 Å². The van der Waals surface area contributed by atoms with Crippen LogP contribution in [0.4, 0.5) is 0 Å². The molecule has 1 aromatic heterocycles. The van der Waals surface area contributed by atoms with Crippen molar-refractivity contribution in [3.63, 3.8) is 0 Å². The Morgan fingerprint density at radius 3 is 2.59 bits per heavy atom. The molecule has 0 unspecified atom stereocenters. The van der Waals surface area contributed by atoms with Crippen LogP contribution in [0.2, 0.25) is 0 Å². The van der Waals surface area contributed by atoms with Crippen LogP contribution < -0.4 is 0 Å². The number of phenolic OH excluding ortho intramolecular Hbond substituents is 1. The summed E-state index contributed by atoms with van der Waals surface area (Å²) in [5, 5.41) is 21.0. The third kappa shape index (κ3) is 5.56. The number of aromatic nitrogens is 1. The number of nitrogens with zero attached hydrogens (tertiary/aromatic N) is 3. The average molecular weight is 456 g/mol. The van der Waals surface area contributed by atoms with Crippen LogP contribution in [0.5, 0.6) is 5.75 Å². The molecule has 0 fully saturated rings. The Bertz CT molecular complexity index is 1070. The van der Waals surface area contributed by atoms with Crippen LogP contribution in [-0.4, -0.2) is 41.2 Å². The number of aromatic hydroxyl groups is 1. The van der Waals surface area contributed by atoms with Crippen molar-refractivity contribution in [3.8, 4) is 11.8 Å². The van der Waals surface area contributed by atoms with Crippen molar-refractivity contribution in [1.29, 1.82) is 5.26 Å². The van der Waals surface area contributed by atoms with E-state index in [9.17, 15) is 15.2 Å². The van der Waals surface area contributed by atoms with Crippen molar-refractivity contribution in [3.05, 3.63) is 51.6 Å². The predicted molar refractivity (Wildman–Crippen MR) is 132 cm³/mol. The lowest BCUT2D eigenvalue weighted by Gasteiger charge is -2.15. The van der Waals surface area contributed by atoms with Gasteiger partial charge in [0.15, 0.2) is 0 Å². The summed E-state index contributed by atoms with van der Waals surface area (Å²) in [6.07, 6.45) is 8.27. The van der Waals surface area contributed by atoms with Gasteiger partial charge in [0.1, 0.15) is 11.8 Å². The normalized spacial score (nSPS) is 12.1. The third-order valence-electron chi connectivity index (χ3n) is 5.06. The molecule has 0 saturated heterocycles. The van der Waals surface area contributed by atoms with Gasteiger partial charge in [0.05, 0.1) is 23.3 Å². The topological polar surface area (TPSA) is 78.5 Å². The molecule has 1 N–H and O–H groups in total. The molecule has 0 spiro atoms. The lowest BCUT2D eigenvalue weighted by Crippen LogP contribution is -2.13. The van der Waals surface area contributed by atoms with Crippen LogP contribution >= 0.6 is 11.8 Å². The fourth-order valence-electron chi connectivity index (χ4n) is 3.62. The summed E-state index contributed by atoms with van der Waals surface area (Å²) in [7, 11) is 5.66. The maximum absolute atomic E-state index is 13.1. The molecular formula is C25H33N3O3S. The second-order valence-electron chi connectivity index (χ2n) is 7.71. The maximum atomic E-state index is 13.1. The number of fused-ring (bicyclic) bond motifs is 1. The summed E-state index contributed by atoms with van der Waals surface area (Å²) < 4.78 is 7.36. The SMILES string of the molecule is CC/C=C\C(=C/CC)SCc1c(C(=O)OCC)c2c(CN(C)C)c(O)c(C#N)cc2n1C. The quantitative estimate of drug-likeness (QED) is 0.377. The Kier molecular flexibility index (Phi) is 9.42. The number of hydrogen-bond acceptors (Lipinski definition) is 6. The molecule has 7 heteroatoms. The van der Waals surface area contributed by atoms with E-state index in [0.29, 0.717) is 28.8 Å². The number of nitriles is 1. The van der Waals surface area contributed by atoms with Crippen molar-refractivity contribution >= 4 is 28.6 Å². The number of phenols is 1. The van der Waals surface area contributed by atoms with E-state index in [1.54, 1.807) is 24.8 Å². The second-order valence-corrected chi connectivity index (χ2v) is 8.76. The second kappa shape index (κ2) is 11.8. The van der Waals surface area contributed by atoms with Crippen LogP contribution in [0, 0.1) is 11.3 Å². The zero-order valence-corrected chi connectivity index (χ0v) is 20.7. The molecule has 32 heavy (non-hydrogen) atoms. The van der Waals surface area contributed by atoms with Crippen LogP contribution in [-0.2, 0) is 24.1 Å². The van der Waals surface area contributed by atoms with Gasteiger partial charge >= 0.3 is 5.97 Å². The Labute approximate surface area is 195 Å². The lowest BCUT2D eigenvalue weighted by atomic mass is 10.00. The molecule has 0 bridgehead atoms. The summed E-state index contributed by atoms with van der Waals surface area (Å²) in [6, 6.07) is 3.73. The van der Waals surface area contributed by atoms with Gasteiger partial charge in [-0.15, -0.1) is 11.8 Å². The third-order valence-corrected chi connectivity index (χ3v) is 6.11. The van der Waals surface area contributed by atoms with Crippen molar-refractivity contribution in [2.45, 2.75) is 45.9 Å². The molecule has 0 aliphatic heterocycles. The summed E-state index contributed by atoms with van der Waals surface area (Å²) in [4.78, 5) is 16.2. The molecule has 0 amide bonds. The zero-order valence-electron chi connectivity index (χ0n) is 19.9. The highest BCUT2D eigenvalue weighted by atomic mass is 32.2. The number of aryl methyl sites for hydroxylation is 1. The fourth-order valence-corrected chi connectivity index (χ4v) is 4.74. The Hall–Kier alpha value is -2.69.